The highest BCUT2D eigenvalue weighted by molar-refractivity contribution is 6.36. The largest absolute Gasteiger partial charge is 0.497 e. The second kappa shape index (κ2) is 6.91. The smallest absolute Gasteiger partial charge is 0.236 e. The Balaban J connectivity index is 1.57. The number of aromatic nitrogens is 1. The lowest BCUT2D eigenvalue weighted by Gasteiger charge is -2.13. The maximum atomic E-state index is 12.9. The highest BCUT2D eigenvalue weighted by Gasteiger charge is 2.54. The van der Waals surface area contributed by atoms with Gasteiger partial charge in [-0.05, 0) is 43.2 Å². The fourth-order valence-electron chi connectivity index (χ4n) is 2.97. The van der Waals surface area contributed by atoms with E-state index in [0.29, 0.717) is 40.0 Å². The molecule has 1 fully saturated rings. The standard InChI is InChI=1S/C20H16Cl2N2O3/c1-26-14-4-2-3-12(9-14)17-11-18(24-27-17)20(7-8-20)19(25)23-16-6-5-13(21)10-15(16)22/h2-6,9-11H,7-8H2,1H3,(H,23,25). The average molecular weight is 403 g/mol. The minimum absolute atomic E-state index is 0.155. The van der Waals surface area contributed by atoms with Crippen molar-refractivity contribution in [1.29, 1.82) is 0 Å². The van der Waals surface area contributed by atoms with Gasteiger partial charge in [0.15, 0.2) is 5.76 Å². The van der Waals surface area contributed by atoms with Gasteiger partial charge >= 0.3 is 0 Å². The number of halogens is 2. The van der Waals surface area contributed by atoms with Gasteiger partial charge < -0.3 is 14.6 Å². The summed E-state index contributed by atoms with van der Waals surface area (Å²) in [5.41, 5.74) is 1.28. The third-order valence-corrected chi connectivity index (χ3v) is 5.27. The first-order valence-electron chi connectivity index (χ1n) is 8.40. The number of nitrogens with zero attached hydrogens (tertiary/aromatic N) is 1. The second-order valence-corrected chi connectivity index (χ2v) is 7.31. The molecule has 1 aromatic heterocycles. The Kier molecular flexibility index (Phi) is 4.58. The molecule has 27 heavy (non-hydrogen) atoms. The minimum atomic E-state index is -0.691. The van der Waals surface area contributed by atoms with Crippen LogP contribution in [-0.4, -0.2) is 18.2 Å². The molecule has 1 aliphatic carbocycles. The number of anilines is 1. The van der Waals surface area contributed by atoms with Crippen molar-refractivity contribution in [1.82, 2.24) is 5.16 Å². The van der Waals surface area contributed by atoms with Gasteiger partial charge in [0.05, 0.1) is 28.9 Å². The van der Waals surface area contributed by atoms with Crippen LogP contribution in [0.3, 0.4) is 0 Å². The molecule has 7 heteroatoms. The van der Waals surface area contributed by atoms with Gasteiger partial charge in [0, 0.05) is 16.7 Å². The Morgan fingerprint density at radius 2 is 2.00 bits per heavy atom. The molecule has 1 amide bonds. The van der Waals surface area contributed by atoms with Gasteiger partial charge in [0.2, 0.25) is 5.91 Å². The zero-order valence-electron chi connectivity index (χ0n) is 14.5. The molecule has 1 heterocycles. The summed E-state index contributed by atoms with van der Waals surface area (Å²) < 4.78 is 10.7. The van der Waals surface area contributed by atoms with Crippen molar-refractivity contribution in [3.63, 3.8) is 0 Å². The molecule has 0 unspecified atom stereocenters. The van der Waals surface area contributed by atoms with Crippen LogP contribution in [0.1, 0.15) is 18.5 Å². The lowest BCUT2D eigenvalue weighted by molar-refractivity contribution is -0.118. The molecule has 2 aromatic carbocycles. The summed E-state index contributed by atoms with van der Waals surface area (Å²) in [6, 6.07) is 14.3. The zero-order valence-corrected chi connectivity index (χ0v) is 16.0. The first kappa shape index (κ1) is 17.9. The number of rotatable bonds is 5. The maximum absolute atomic E-state index is 12.9. The molecule has 0 saturated heterocycles. The van der Waals surface area contributed by atoms with Crippen LogP contribution in [0.4, 0.5) is 5.69 Å². The van der Waals surface area contributed by atoms with Crippen molar-refractivity contribution in [2.45, 2.75) is 18.3 Å². The van der Waals surface area contributed by atoms with Gasteiger partial charge in [0.1, 0.15) is 5.75 Å². The maximum Gasteiger partial charge on any atom is 0.236 e. The van der Waals surface area contributed by atoms with E-state index in [9.17, 15) is 4.79 Å². The minimum Gasteiger partial charge on any atom is -0.497 e. The number of hydrogen-bond donors (Lipinski definition) is 1. The summed E-state index contributed by atoms with van der Waals surface area (Å²) in [6.45, 7) is 0. The number of carbonyl (C=O) groups is 1. The molecule has 4 rings (SSSR count). The van der Waals surface area contributed by atoms with Gasteiger partial charge in [-0.2, -0.15) is 0 Å². The summed E-state index contributed by atoms with van der Waals surface area (Å²) in [4.78, 5) is 12.9. The van der Waals surface area contributed by atoms with E-state index in [1.165, 1.54) is 0 Å². The fraction of sp³-hybridized carbons (Fsp3) is 0.200. The molecule has 5 nitrogen and oxygen atoms in total. The van der Waals surface area contributed by atoms with Crippen LogP contribution in [-0.2, 0) is 10.2 Å². The molecular formula is C20H16Cl2N2O3. The highest BCUT2D eigenvalue weighted by Crippen LogP contribution is 2.49. The average Bonchev–Trinajstić information content (AvgIpc) is 3.34. The van der Waals surface area contributed by atoms with Crippen LogP contribution in [0, 0.1) is 0 Å². The lowest BCUT2D eigenvalue weighted by atomic mass is 10.00. The quantitative estimate of drug-likeness (QED) is 0.626. The molecule has 0 aliphatic heterocycles. The molecular weight excluding hydrogens is 387 g/mol. The second-order valence-electron chi connectivity index (χ2n) is 6.47. The summed E-state index contributed by atoms with van der Waals surface area (Å²) in [7, 11) is 1.61. The third-order valence-electron chi connectivity index (χ3n) is 4.72. The van der Waals surface area contributed by atoms with Crippen LogP contribution >= 0.6 is 23.2 Å². The van der Waals surface area contributed by atoms with Gasteiger partial charge in [-0.1, -0.05) is 40.5 Å². The van der Waals surface area contributed by atoms with E-state index in [1.54, 1.807) is 25.3 Å². The Bertz CT molecular complexity index is 1010. The molecule has 3 aromatic rings. The molecule has 0 bridgehead atoms. The van der Waals surface area contributed by atoms with Crippen LogP contribution in [0.25, 0.3) is 11.3 Å². The van der Waals surface area contributed by atoms with Gasteiger partial charge in [-0.15, -0.1) is 0 Å². The Morgan fingerprint density at radius 3 is 2.70 bits per heavy atom. The van der Waals surface area contributed by atoms with Crippen molar-refractivity contribution in [2.24, 2.45) is 0 Å². The topological polar surface area (TPSA) is 64.4 Å². The van der Waals surface area contributed by atoms with Gasteiger partial charge in [-0.25, -0.2) is 0 Å². The van der Waals surface area contributed by atoms with E-state index in [1.807, 2.05) is 30.3 Å². The predicted molar refractivity (Wildman–Crippen MR) is 104 cm³/mol. The van der Waals surface area contributed by atoms with E-state index >= 15 is 0 Å². The number of hydrogen-bond acceptors (Lipinski definition) is 4. The SMILES string of the molecule is COc1cccc(-c2cc(C3(C(=O)Nc4ccc(Cl)cc4Cl)CC3)no2)c1. The van der Waals surface area contributed by atoms with Gasteiger partial charge in [0.25, 0.3) is 0 Å². The molecule has 0 radical (unpaired) electrons. The van der Waals surface area contributed by atoms with E-state index < -0.39 is 5.41 Å². The van der Waals surface area contributed by atoms with Crippen LogP contribution in [0.5, 0.6) is 5.75 Å². The number of ether oxygens (including phenoxy) is 1. The van der Waals surface area contributed by atoms with Crippen molar-refractivity contribution >= 4 is 34.8 Å². The summed E-state index contributed by atoms with van der Waals surface area (Å²) in [5, 5.41) is 7.93. The number of amides is 1. The molecule has 1 N–H and O–H groups in total. The fourth-order valence-corrected chi connectivity index (χ4v) is 3.43. The number of methoxy groups -OCH3 is 1. The Hall–Kier alpha value is -2.50. The molecule has 138 valence electrons. The summed E-state index contributed by atoms with van der Waals surface area (Å²) in [6.07, 6.45) is 1.41. The summed E-state index contributed by atoms with van der Waals surface area (Å²) >= 11 is 12.1. The van der Waals surface area contributed by atoms with Crippen LogP contribution in [0.15, 0.2) is 53.1 Å². The normalized spacial score (nSPS) is 14.6. The van der Waals surface area contributed by atoms with E-state index in [-0.39, 0.29) is 5.91 Å². The van der Waals surface area contributed by atoms with E-state index in [4.69, 9.17) is 32.5 Å². The first-order chi connectivity index (χ1) is 13.0. The van der Waals surface area contributed by atoms with Crippen molar-refractivity contribution in [2.75, 3.05) is 12.4 Å². The molecule has 0 spiro atoms. The van der Waals surface area contributed by atoms with Crippen LogP contribution in [0.2, 0.25) is 10.0 Å². The number of nitrogens with one attached hydrogen (secondary N) is 1. The highest BCUT2D eigenvalue weighted by atomic mass is 35.5. The first-order valence-corrected chi connectivity index (χ1v) is 9.15. The molecule has 0 atom stereocenters. The van der Waals surface area contributed by atoms with Gasteiger partial charge in [-0.3, -0.25) is 4.79 Å². The molecule has 1 saturated carbocycles. The Morgan fingerprint density at radius 1 is 1.19 bits per heavy atom. The Labute approximate surface area is 166 Å². The zero-order chi connectivity index (χ0) is 19.0. The monoisotopic (exact) mass is 402 g/mol. The predicted octanol–water partition coefficient (Wildman–Crippen LogP) is 5.33. The number of benzene rings is 2. The van der Waals surface area contributed by atoms with Crippen molar-refractivity contribution in [3.8, 4) is 17.1 Å². The van der Waals surface area contributed by atoms with E-state index in [0.717, 1.165) is 11.3 Å². The van der Waals surface area contributed by atoms with Crippen molar-refractivity contribution in [3.05, 3.63) is 64.3 Å². The van der Waals surface area contributed by atoms with Crippen molar-refractivity contribution < 1.29 is 14.1 Å². The van der Waals surface area contributed by atoms with E-state index in [2.05, 4.69) is 10.5 Å². The summed E-state index contributed by atoms with van der Waals surface area (Å²) in [5.74, 6) is 1.16. The van der Waals surface area contributed by atoms with Crippen LogP contribution < -0.4 is 10.1 Å². The molecule has 1 aliphatic rings. The number of carbonyl (C=O) groups excluding carboxylic acids is 1. The lowest BCUT2D eigenvalue weighted by Crippen LogP contribution is -2.28. The third kappa shape index (κ3) is 3.40.